The Hall–Kier alpha value is -2.17. The lowest BCUT2D eigenvalue weighted by molar-refractivity contribution is -0.388. The lowest BCUT2D eigenvalue weighted by Gasteiger charge is -2.05. The largest absolute Gasteiger partial charge is 0.323 e. The van der Waals surface area contributed by atoms with Crippen molar-refractivity contribution in [3.8, 4) is 6.07 Å². The third-order valence-corrected chi connectivity index (χ3v) is 1.78. The summed E-state index contributed by atoms with van der Waals surface area (Å²) in [6.45, 7) is 0. The van der Waals surface area contributed by atoms with E-state index in [1.54, 1.807) is 0 Å². The summed E-state index contributed by atoms with van der Waals surface area (Å²) in [6.07, 6.45) is -3.36. The Bertz CT molecular complexity index is 470. The van der Waals surface area contributed by atoms with Crippen LogP contribution in [0.25, 0.3) is 0 Å². The maximum absolute atomic E-state index is 13.4. The van der Waals surface area contributed by atoms with Crippen LogP contribution in [0.5, 0.6) is 0 Å². The molecule has 0 aliphatic rings. The first-order valence-corrected chi connectivity index (χ1v) is 3.95. The summed E-state index contributed by atoms with van der Waals surface area (Å²) >= 11 is 0. The zero-order valence-corrected chi connectivity index (χ0v) is 7.65. The first-order valence-electron chi connectivity index (χ1n) is 3.95. The predicted octanol–water partition coefficient (Wildman–Crippen LogP) is 2.13. The lowest BCUT2D eigenvalue weighted by Crippen LogP contribution is -2.05. The lowest BCUT2D eigenvalue weighted by atomic mass is 10.1. The number of halogens is 3. The maximum Gasteiger partial charge on any atom is 0.323 e. The van der Waals surface area contributed by atoms with Gasteiger partial charge in [0.1, 0.15) is 11.9 Å². The zero-order chi connectivity index (χ0) is 12.3. The number of nitriles is 1. The Morgan fingerprint density at radius 3 is 2.69 bits per heavy atom. The van der Waals surface area contributed by atoms with Gasteiger partial charge in [-0.05, 0) is 0 Å². The fourth-order valence-corrected chi connectivity index (χ4v) is 1.09. The molecule has 0 bridgehead atoms. The van der Waals surface area contributed by atoms with Gasteiger partial charge in [-0.25, -0.2) is 13.8 Å². The smallest absolute Gasteiger partial charge is 0.258 e. The van der Waals surface area contributed by atoms with E-state index in [0.717, 1.165) is 0 Å². The van der Waals surface area contributed by atoms with Crippen LogP contribution in [0.3, 0.4) is 0 Å². The molecule has 0 aliphatic carbocycles. The summed E-state index contributed by atoms with van der Waals surface area (Å²) in [5, 5.41) is 18.6. The molecular formula is C8H4F3N3O2. The number of hydrogen-bond acceptors (Lipinski definition) is 4. The van der Waals surface area contributed by atoms with Crippen LogP contribution in [-0.2, 0) is 6.42 Å². The number of hydrogen-bond donors (Lipinski definition) is 0. The molecule has 1 rings (SSSR count). The van der Waals surface area contributed by atoms with Crippen molar-refractivity contribution in [3.63, 3.8) is 0 Å². The Labute approximate surface area is 87.3 Å². The molecule has 1 aromatic heterocycles. The van der Waals surface area contributed by atoms with Crippen LogP contribution in [0.4, 0.5) is 18.9 Å². The van der Waals surface area contributed by atoms with Gasteiger partial charge in [-0.3, -0.25) is 10.1 Å². The minimum Gasteiger partial charge on any atom is -0.258 e. The second-order valence-electron chi connectivity index (χ2n) is 2.71. The summed E-state index contributed by atoms with van der Waals surface area (Å²) < 4.78 is 38.1. The minimum atomic E-state index is -3.08. The van der Waals surface area contributed by atoms with Crippen molar-refractivity contribution in [2.75, 3.05) is 0 Å². The van der Waals surface area contributed by atoms with Crippen molar-refractivity contribution >= 4 is 5.69 Å². The zero-order valence-electron chi connectivity index (χ0n) is 7.65. The second-order valence-corrected chi connectivity index (χ2v) is 2.71. The molecule has 1 aromatic rings. The average Bonchev–Trinajstić information content (AvgIpc) is 2.20. The Morgan fingerprint density at radius 2 is 2.25 bits per heavy atom. The molecule has 0 N–H and O–H groups in total. The monoisotopic (exact) mass is 231 g/mol. The fraction of sp³-hybridized carbons (Fsp3) is 0.250. The van der Waals surface area contributed by atoms with E-state index in [1.165, 1.54) is 6.07 Å². The van der Waals surface area contributed by atoms with E-state index in [2.05, 4.69) is 4.98 Å². The number of nitrogens with zero attached hydrogens (tertiary/aromatic N) is 3. The van der Waals surface area contributed by atoms with Gasteiger partial charge >= 0.3 is 5.69 Å². The van der Waals surface area contributed by atoms with Crippen LogP contribution in [-0.4, -0.2) is 9.91 Å². The Kier molecular flexibility index (Phi) is 3.40. The van der Waals surface area contributed by atoms with Crippen LogP contribution in [0.15, 0.2) is 6.20 Å². The molecule has 16 heavy (non-hydrogen) atoms. The van der Waals surface area contributed by atoms with Crippen LogP contribution < -0.4 is 0 Å². The van der Waals surface area contributed by atoms with Crippen molar-refractivity contribution in [1.29, 1.82) is 5.26 Å². The van der Waals surface area contributed by atoms with Gasteiger partial charge in [0.25, 0.3) is 6.43 Å². The van der Waals surface area contributed by atoms with E-state index in [1.807, 2.05) is 0 Å². The molecule has 0 spiro atoms. The summed E-state index contributed by atoms with van der Waals surface area (Å²) in [7, 11) is 0. The third-order valence-electron chi connectivity index (χ3n) is 1.78. The van der Waals surface area contributed by atoms with Gasteiger partial charge in [-0.2, -0.15) is 9.65 Å². The van der Waals surface area contributed by atoms with Gasteiger partial charge in [-0.15, -0.1) is 0 Å². The minimum absolute atomic E-state index is 0.414. The van der Waals surface area contributed by atoms with E-state index >= 15 is 0 Å². The van der Waals surface area contributed by atoms with Gasteiger partial charge < -0.3 is 0 Å². The average molecular weight is 231 g/mol. The predicted molar refractivity (Wildman–Crippen MR) is 45.1 cm³/mol. The van der Waals surface area contributed by atoms with Crippen molar-refractivity contribution in [2.45, 2.75) is 12.8 Å². The van der Waals surface area contributed by atoms with Crippen LogP contribution in [0.1, 0.15) is 17.7 Å². The Morgan fingerprint density at radius 1 is 1.62 bits per heavy atom. The molecule has 84 valence electrons. The van der Waals surface area contributed by atoms with E-state index < -0.39 is 40.5 Å². The third kappa shape index (κ3) is 2.08. The molecule has 0 saturated carbocycles. The second kappa shape index (κ2) is 4.57. The number of rotatable bonds is 3. The highest BCUT2D eigenvalue weighted by atomic mass is 19.3. The normalized spacial score (nSPS) is 10.2. The summed E-state index contributed by atoms with van der Waals surface area (Å²) in [4.78, 5) is 12.3. The molecule has 0 amide bonds. The van der Waals surface area contributed by atoms with Gasteiger partial charge in [0, 0.05) is 5.56 Å². The van der Waals surface area contributed by atoms with Gasteiger partial charge in [0.05, 0.1) is 17.4 Å². The van der Waals surface area contributed by atoms with Crippen molar-refractivity contribution in [3.05, 3.63) is 33.4 Å². The molecule has 1 heterocycles. The quantitative estimate of drug-likeness (QED) is 0.589. The van der Waals surface area contributed by atoms with E-state index in [-0.39, 0.29) is 0 Å². The summed E-state index contributed by atoms with van der Waals surface area (Å²) in [5.41, 5.74) is -2.69. The standard InChI is InChI=1S/C8H4F3N3O2/c9-6-4(1-2-12)7(8(10)11)13-3-5(6)14(15)16/h3,8H,1H2. The highest BCUT2D eigenvalue weighted by Gasteiger charge is 2.25. The molecule has 0 unspecified atom stereocenters. The van der Waals surface area contributed by atoms with Crippen LogP contribution in [0, 0.1) is 27.3 Å². The fourth-order valence-electron chi connectivity index (χ4n) is 1.09. The van der Waals surface area contributed by atoms with Crippen LogP contribution >= 0.6 is 0 Å². The number of aromatic nitrogens is 1. The van der Waals surface area contributed by atoms with Gasteiger partial charge in [0.15, 0.2) is 0 Å². The van der Waals surface area contributed by atoms with E-state index in [9.17, 15) is 23.3 Å². The summed E-state index contributed by atoms with van der Waals surface area (Å²) in [6, 6.07) is 1.45. The number of nitro groups is 1. The van der Waals surface area contributed by atoms with E-state index in [0.29, 0.717) is 6.20 Å². The van der Waals surface area contributed by atoms with Crippen LogP contribution in [0.2, 0.25) is 0 Å². The topological polar surface area (TPSA) is 79.8 Å². The first kappa shape index (κ1) is 11.9. The maximum atomic E-state index is 13.4. The molecular weight excluding hydrogens is 227 g/mol. The molecule has 8 heteroatoms. The summed E-state index contributed by atoms with van der Waals surface area (Å²) in [5.74, 6) is -1.43. The Balaban J connectivity index is 3.42. The highest BCUT2D eigenvalue weighted by Crippen LogP contribution is 2.28. The SMILES string of the molecule is N#CCc1c(C(F)F)ncc([N+](=O)[O-])c1F. The number of pyridine rings is 1. The molecule has 0 radical (unpaired) electrons. The highest BCUT2D eigenvalue weighted by molar-refractivity contribution is 5.38. The van der Waals surface area contributed by atoms with Gasteiger partial charge in [-0.1, -0.05) is 0 Å². The van der Waals surface area contributed by atoms with Crippen molar-refractivity contribution in [2.24, 2.45) is 0 Å². The van der Waals surface area contributed by atoms with Crippen molar-refractivity contribution in [1.82, 2.24) is 4.98 Å². The van der Waals surface area contributed by atoms with Gasteiger partial charge in [0.2, 0.25) is 5.82 Å². The number of alkyl halides is 2. The first-order chi connectivity index (χ1) is 7.49. The molecule has 0 aliphatic heterocycles. The molecule has 5 nitrogen and oxygen atoms in total. The van der Waals surface area contributed by atoms with E-state index in [4.69, 9.17) is 5.26 Å². The molecule has 0 saturated heterocycles. The molecule has 0 atom stereocenters. The van der Waals surface area contributed by atoms with Crippen molar-refractivity contribution < 1.29 is 18.1 Å². The molecule has 0 aromatic carbocycles. The molecule has 0 fully saturated rings.